The average molecular weight is 380 g/mol. The second-order valence-electron chi connectivity index (χ2n) is 7.48. The van der Waals surface area contributed by atoms with E-state index in [1.54, 1.807) is 0 Å². The summed E-state index contributed by atoms with van der Waals surface area (Å²) in [5, 5.41) is 13.0. The lowest BCUT2D eigenvalue weighted by atomic mass is 9.73. The van der Waals surface area contributed by atoms with Crippen LogP contribution < -0.4 is 5.32 Å². The first-order chi connectivity index (χ1) is 12.5. The predicted octanol–water partition coefficient (Wildman–Crippen LogP) is 3.40. The zero-order chi connectivity index (χ0) is 18.6. The summed E-state index contributed by atoms with van der Waals surface area (Å²) in [7, 11) is 0. The van der Waals surface area contributed by atoms with Crippen LogP contribution in [0.3, 0.4) is 0 Å². The van der Waals surface area contributed by atoms with Gasteiger partial charge in [0.25, 0.3) is 0 Å². The van der Waals surface area contributed by atoms with Gasteiger partial charge in [-0.05, 0) is 50.2 Å². The van der Waals surface area contributed by atoms with Gasteiger partial charge in [0.05, 0.1) is 5.92 Å². The Balaban J connectivity index is 1.64. The Labute approximate surface area is 159 Å². The molecule has 1 saturated carbocycles. The van der Waals surface area contributed by atoms with Crippen molar-refractivity contribution >= 4 is 23.5 Å². The Bertz CT molecular complexity index is 649. The highest BCUT2D eigenvalue weighted by Gasteiger charge is 2.37. The van der Waals surface area contributed by atoms with E-state index < -0.39 is 5.97 Å². The fraction of sp³-hybridized carbons (Fsp3) is 0.600. The van der Waals surface area contributed by atoms with Crippen LogP contribution in [-0.4, -0.2) is 36.7 Å². The molecule has 0 radical (unpaired) electrons. The highest BCUT2D eigenvalue weighted by molar-refractivity contribution is 6.31. The van der Waals surface area contributed by atoms with E-state index in [0.717, 1.165) is 23.4 Å². The van der Waals surface area contributed by atoms with Crippen LogP contribution in [-0.2, 0) is 19.7 Å². The van der Waals surface area contributed by atoms with Crippen LogP contribution in [0.25, 0.3) is 0 Å². The van der Waals surface area contributed by atoms with Crippen LogP contribution in [0.2, 0.25) is 5.02 Å². The van der Waals surface area contributed by atoms with Crippen molar-refractivity contribution in [1.82, 2.24) is 5.32 Å². The van der Waals surface area contributed by atoms with Gasteiger partial charge in [-0.3, -0.25) is 9.59 Å². The Morgan fingerprint density at radius 2 is 1.73 bits per heavy atom. The fourth-order valence-corrected chi connectivity index (χ4v) is 4.53. The maximum atomic E-state index is 12.7. The molecule has 2 fully saturated rings. The summed E-state index contributed by atoms with van der Waals surface area (Å²) in [5.74, 6) is -1.10. The third-order valence-corrected chi connectivity index (χ3v) is 6.27. The Hall–Kier alpha value is -1.59. The minimum Gasteiger partial charge on any atom is -0.481 e. The lowest BCUT2D eigenvalue weighted by Gasteiger charge is -2.39. The average Bonchev–Trinajstić information content (AvgIpc) is 2.67. The van der Waals surface area contributed by atoms with E-state index in [2.05, 4.69) is 5.32 Å². The van der Waals surface area contributed by atoms with Crippen LogP contribution >= 0.6 is 11.6 Å². The molecule has 1 aromatic carbocycles. The van der Waals surface area contributed by atoms with Gasteiger partial charge < -0.3 is 15.2 Å². The van der Waals surface area contributed by atoms with Crippen LogP contribution in [0.1, 0.15) is 44.1 Å². The zero-order valence-corrected chi connectivity index (χ0v) is 15.6. The summed E-state index contributed by atoms with van der Waals surface area (Å²) in [6.45, 7) is 1.85. The number of hydrogen-bond donors (Lipinski definition) is 2. The van der Waals surface area contributed by atoms with Crippen LogP contribution in [0.4, 0.5) is 0 Å². The molecule has 0 spiro atoms. The molecule has 26 heavy (non-hydrogen) atoms. The van der Waals surface area contributed by atoms with E-state index in [4.69, 9.17) is 21.4 Å². The Morgan fingerprint density at radius 1 is 1.12 bits per heavy atom. The van der Waals surface area contributed by atoms with Crippen molar-refractivity contribution < 1.29 is 19.4 Å². The first-order valence-electron chi connectivity index (χ1n) is 9.35. The van der Waals surface area contributed by atoms with Gasteiger partial charge in [0.1, 0.15) is 0 Å². The largest absolute Gasteiger partial charge is 0.481 e. The van der Waals surface area contributed by atoms with Crippen LogP contribution in [0.15, 0.2) is 24.3 Å². The smallest absolute Gasteiger partial charge is 0.306 e. The molecule has 0 atom stereocenters. The monoisotopic (exact) mass is 379 g/mol. The molecule has 5 nitrogen and oxygen atoms in total. The van der Waals surface area contributed by atoms with Gasteiger partial charge in [0, 0.05) is 36.1 Å². The van der Waals surface area contributed by atoms with E-state index in [1.165, 1.54) is 0 Å². The third-order valence-electron chi connectivity index (χ3n) is 5.94. The van der Waals surface area contributed by atoms with Crippen molar-refractivity contribution in [2.75, 3.05) is 19.8 Å². The number of rotatable bonds is 5. The second-order valence-corrected chi connectivity index (χ2v) is 7.88. The molecule has 1 amide bonds. The van der Waals surface area contributed by atoms with Gasteiger partial charge in [-0.25, -0.2) is 0 Å². The minimum atomic E-state index is -0.747. The predicted molar refractivity (Wildman–Crippen MR) is 99.3 cm³/mol. The number of benzene rings is 1. The maximum Gasteiger partial charge on any atom is 0.306 e. The maximum absolute atomic E-state index is 12.7. The molecule has 142 valence electrons. The molecule has 1 aliphatic heterocycles. The molecule has 0 aromatic heterocycles. The van der Waals surface area contributed by atoms with E-state index in [1.807, 2.05) is 24.3 Å². The Morgan fingerprint density at radius 3 is 2.35 bits per heavy atom. The lowest BCUT2D eigenvalue weighted by Crippen LogP contribution is -2.46. The molecule has 1 aliphatic carbocycles. The molecule has 0 unspecified atom stereocenters. The third kappa shape index (κ3) is 4.21. The van der Waals surface area contributed by atoms with Gasteiger partial charge in [-0.15, -0.1) is 0 Å². The number of hydrogen-bond acceptors (Lipinski definition) is 3. The van der Waals surface area contributed by atoms with E-state index >= 15 is 0 Å². The molecule has 2 N–H and O–H groups in total. The van der Waals surface area contributed by atoms with Crippen molar-refractivity contribution in [3.63, 3.8) is 0 Å². The zero-order valence-electron chi connectivity index (χ0n) is 14.9. The first-order valence-corrected chi connectivity index (χ1v) is 9.73. The SMILES string of the molecule is O=C(O)C1CCC(C(=O)NCC2(c3ccccc3Cl)CCOCC2)CC1. The summed E-state index contributed by atoms with van der Waals surface area (Å²) >= 11 is 6.45. The van der Waals surface area contributed by atoms with Crippen molar-refractivity contribution in [1.29, 1.82) is 0 Å². The molecule has 2 aliphatic rings. The molecule has 6 heteroatoms. The molecular formula is C20H26ClNO4. The summed E-state index contributed by atoms with van der Waals surface area (Å²) < 4.78 is 5.53. The molecule has 1 heterocycles. The number of amides is 1. The van der Waals surface area contributed by atoms with E-state index in [9.17, 15) is 9.59 Å². The van der Waals surface area contributed by atoms with Gasteiger partial charge in [-0.1, -0.05) is 29.8 Å². The highest BCUT2D eigenvalue weighted by Crippen LogP contribution is 2.38. The van der Waals surface area contributed by atoms with Gasteiger partial charge in [-0.2, -0.15) is 0 Å². The first kappa shape index (κ1) is 19.2. The number of carboxylic acids is 1. The summed E-state index contributed by atoms with van der Waals surface area (Å²) in [4.78, 5) is 23.7. The highest BCUT2D eigenvalue weighted by atomic mass is 35.5. The van der Waals surface area contributed by atoms with Crippen molar-refractivity contribution in [2.45, 2.75) is 43.9 Å². The van der Waals surface area contributed by atoms with Gasteiger partial charge >= 0.3 is 5.97 Å². The number of halogens is 1. The van der Waals surface area contributed by atoms with Crippen molar-refractivity contribution in [2.24, 2.45) is 11.8 Å². The number of carbonyl (C=O) groups is 2. The molecule has 3 rings (SSSR count). The summed E-state index contributed by atoms with van der Waals surface area (Å²) in [6.07, 6.45) is 4.09. The summed E-state index contributed by atoms with van der Waals surface area (Å²) in [6, 6.07) is 7.83. The second kappa shape index (κ2) is 8.40. The number of carboxylic acid groups (broad SMARTS) is 1. The topological polar surface area (TPSA) is 75.6 Å². The van der Waals surface area contributed by atoms with E-state index in [0.29, 0.717) is 45.4 Å². The standard InChI is InChI=1S/C20H26ClNO4/c21-17-4-2-1-3-16(17)20(9-11-26-12-10-20)13-22-18(23)14-5-7-15(8-6-14)19(24)25/h1-4,14-15H,5-13H2,(H,22,23)(H,24,25). The molecule has 1 aromatic rings. The molecule has 1 saturated heterocycles. The quantitative estimate of drug-likeness (QED) is 0.822. The number of ether oxygens (including phenoxy) is 1. The van der Waals surface area contributed by atoms with Crippen LogP contribution in [0.5, 0.6) is 0 Å². The number of nitrogens with one attached hydrogen (secondary N) is 1. The number of carbonyl (C=O) groups excluding carboxylic acids is 1. The molecule has 0 bridgehead atoms. The van der Waals surface area contributed by atoms with Gasteiger partial charge in [0.2, 0.25) is 5.91 Å². The van der Waals surface area contributed by atoms with Crippen molar-refractivity contribution in [3.05, 3.63) is 34.9 Å². The normalized spacial score (nSPS) is 25.4. The van der Waals surface area contributed by atoms with E-state index in [-0.39, 0.29) is 23.2 Å². The fourth-order valence-electron chi connectivity index (χ4n) is 4.20. The summed E-state index contributed by atoms with van der Waals surface area (Å²) in [5.41, 5.74) is 0.865. The van der Waals surface area contributed by atoms with Gasteiger partial charge in [0.15, 0.2) is 0 Å². The Kier molecular flexibility index (Phi) is 6.20. The number of aliphatic carboxylic acids is 1. The minimum absolute atomic E-state index is 0.0340. The lowest BCUT2D eigenvalue weighted by molar-refractivity contribution is -0.144. The van der Waals surface area contributed by atoms with Crippen molar-refractivity contribution in [3.8, 4) is 0 Å². The van der Waals surface area contributed by atoms with Crippen LogP contribution in [0, 0.1) is 11.8 Å². The molecular weight excluding hydrogens is 354 g/mol.